The van der Waals surface area contributed by atoms with E-state index < -0.39 is 11.6 Å². The van der Waals surface area contributed by atoms with Crippen molar-refractivity contribution in [1.82, 2.24) is 5.32 Å². The van der Waals surface area contributed by atoms with Gasteiger partial charge in [0.15, 0.2) is 0 Å². The van der Waals surface area contributed by atoms with Crippen LogP contribution in [0, 0.1) is 11.6 Å². The minimum Gasteiger partial charge on any atom is -0.329 e. The van der Waals surface area contributed by atoms with Gasteiger partial charge in [0.1, 0.15) is 11.6 Å². The lowest BCUT2D eigenvalue weighted by Gasteiger charge is -2.17. The summed E-state index contributed by atoms with van der Waals surface area (Å²) in [5, 5.41) is 3.28. The van der Waals surface area contributed by atoms with E-state index in [0.29, 0.717) is 18.7 Å². The number of benzene rings is 3. The molecule has 0 fully saturated rings. The van der Waals surface area contributed by atoms with E-state index in [1.165, 1.54) is 23.3 Å². The molecule has 0 bridgehead atoms. The van der Waals surface area contributed by atoms with Gasteiger partial charge in [-0.15, -0.1) is 0 Å². The highest BCUT2D eigenvalue weighted by atomic mass is 19.1. The number of hydrogen-bond donors (Lipinski definition) is 2. The molecule has 3 aromatic rings. The molecule has 0 aliphatic carbocycles. The van der Waals surface area contributed by atoms with Crippen LogP contribution in [0.4, 0.5) is 8.78 Å². The van der Waals surface area contributed by atoms with Crippen LogP contribution in [0.2, 0.25) is 0 Å². The Hall–Kier alpha value is -2.56. The van der Waals surface area contributed by atoms with Crippen molar-refractivity contribution >= 4 is 0 Å². The minimum atomic E-state index is -0.567. The molecule has 0 aliphatic heterocycles. The topological polar surface area (TPSA) is 38.0 Å². The zero-order chi connectivity index (χ0) is 18.4. The van der Waals surface area contributed by atoms with Crippen LogP contribution in [0.1, 0.15) is 11.1 Å². The van der Waals surface area contributed by atoms with Crippen molar-refractivity contribution in [3.8, 4) is 11.1 Å². The van der Waals surface area contributed by atoms with Gasteiger partial charge in [-0.3, -0.25) is 0 Å². The zero-order valence-electron chi connectivity index (χ0n) is 14.5. The molecule has 0 heterocycles. The molecule has 0 aliphatic rings. The maximum Gasteiger partial charge on any atom is 0.126 e. The summed E-state index contributed by atoms with van der Waals surface area (Å²) in [6.45, 7) is 0.816. The Morgan fingerprint density at radius 2 is 1.38 bits per heavy atom. The van der Waals surface area contributed by atoms with Crippen molar-refractivity contribution in [2.75, 3.05) is 6.54 Å². The highest BCUT2D eigenvalue weighted by Crippen LogP contribution is 2.19. The first-order valence-electron chi connectivity index (χ1n) is 8.67. The largest absolute Gasteiger partial charge is 0.329 e. The first-order chi connectivity index (χ1) is 12.6. The second kappa shape index (κ2) is 8.70. The average Bonchev–Trinajstić information content (AvgIpc) is 2.65. The quantitative estimate of drug-likeness (QED) is 0.666. The maximum atomic E-state index is 13.3. The normalized spacial score (nSPS) is 12.1. The Bertz CT molecular complexity index is 812. The first kappa shape index (κ1) is 18.2. The third kappa shape index (κ3) is 4.97. The third-order valence-corrected chi connectivity index (χ3v) is 4.34. The molecule has 0 saturated carbocycles. The van der Waals surface area contributed by atoms with Crippen LogP contribution in [-0.2, 0) is 13.0 Å². The fourth-order valence-corrected chi connectivity index (χ4v) is 2.96. The van der Waals surface area contributed by atoms with Gasteiger partial charge in [0, 0.05) is 25.2 Å². The van der Waals surface area contributed by atoms with Crippen LogP contribution >= 0.6 is 0 Å². The maximum absolute atomic E-state index is 13.3. The number of halogens is 2. The van der Waals surface area contributed by atoms with Gasteiger partial charge in [-0.05, 0) is 40.8 Å². The number of nitrogens with one attached hydrogen (secondary N) is 1. The second-order valence-electron chi connectivity index (χ2n) is 6.36. The van der Waals surface area contributed by atoms with Gasteiger partial charge in [0.05, 0.1) is 0 Å². The van der Waals surface area contributed by atoms with Gasteiger partial charge in [-0.2, -0.15) is 0 Å². The van der Waals surface area contributed by atoms with Gasteiger partial charge in [0.25, 0.3) is 0 Å². The lowest BCUT2D eigenvalue weighted by Crippen LogP contribution is -2.37. The molecule has 4 heteroatoms. The molecule has 0 saturated heterocycles. The molecule has 3 rings (SSSR count). The summed E-state index contributed by atoms with van der Waals surface area (Å²) in [5.41, 5.74) is 9.94. The molecule has 0 radical (unpaired) electrons. The fraction of sp³-hybridized carbons (Fsp3) is 0.182. The fourth-order valence-electron chi connectivity index (χ4n) is 2.96. The Balaban J connectivity index is 1.61. The molecule has 0 amide bonds. The second-order valence-corrected chi connectivity index (χ2v) is 6.36. The van der Waals surface area contributed by atoms with E-state index in [1.807, 2.05) is 18.2 Å². The average molecular weight is 352 g/mol. The van der Waals surface area contributed by atoms with Gasteiger partial charge in [0.2, 0.25) is 0 Å². The highest BCUT2D eigenvalue weighted by molar-refractivity contribution is 5.63. The van der Waals surface area contributed by atoms with Gasteiger partial charge in [-0.25, -0.2) is 8.78 Å². The van der Waals surface area contributed by atoms with Crippen LogP contribution in [0.15, 0.2) is 72.8 Å². The van der Waals surface area contributed by atoms with Gasteiger partial charge >= 0.3 is 0 Å². The Kier molecular flexibility index (Phi) is 6.10. The summed E-state index contributed by atoms with van der Waals surface area (Å²) in [5.74, 6) is -1.13. The van der Waals surface area contributed by atoms with Crippen LogP contribution in [0.5, 0.6) is 0 Å². The first-order valence-corrected chi connectivity index (χ1v) is 8.67. The molecule has 0 aromatic heterocycles. The summed E-state index contributed by atoms with van der Waals surface area (Å²) < 4.78 is 26.5. The number of rotatable bonds is 7. The summed E-state index contributed by atoms with van der Waals surface area (Å²) >= 11 is 0. The lowest BCUT2D eigenvalue weighted by molar-refractivity contribution is 0.510. The number of nitrogens with two attached hydrogens (primary N) is 1. The number of hydrogen-bond acceptors (Lipinski definition) is 2. The van der Waals surface area contributed by atoms with Crippen LogP contribution < -0.4 is 11.1 Å². The van der Waals surface area contributed by atoms with Crippen LogP contribution in [0.25, 0.3) is 11.1 Å². The smallest absolute Gasteiger partial charge is 0.126 e. The van der Waals surface area contributed by atoms with Crippen molar-refractivity contribution in [1.29, 1.82) is 0 Å². The summed E-state index contributed by atoms with van der Waals surface area (Å²) in [6.07, 6.45) is 0.753. The van der Waals surface area contributed by atoms with Crippen LogP contribution in [-0.4, -0.2) is 12.6 Å². The monoisotopic (exact) mass is 352 g/mol. The molecular formula is C22H22F2N2. The van der Waals surface area contributed by atoms with E-state index in [4.69, 9.17) is 5.73 Å². The van der Waals surface area contributed by atoms with E-state index >= 15 is 0 Å². The molecule has 0 spiro atoms. The highest BCUT2D eigenvalue weighted by Gasteiger charge is 2.09. The van der Waals surface area contributed by atoms with Crippen LogP contribution in [0.3, 0.4) is 0 Å². The van der Waals surface area contributed by atoms with Crippen molar-refractivity contribution in [2.45, 2.75) is 19.0 Å². The molecule has 3 N–H and O–H groups in total. The van der Waals surface area contributed by atoms with E-state index in [2.05, 4.69) is 41.7 Å². The van der Waals surface area contributed by atoms with Crippen molar-refractivity contribution in [2.24, 2.45) is 5.73 Å². The SMILES string of the molecule is NCC(Cc1ccc(-c2ccccc2)cc1)NCc1cc(F)cc(F)c1. The van der Waals surface area contributed by atoms with Crippen molar-refractivity contribution in [3.05, 3.63) is 95.6 Å². The molecule has 1 unspecified atom stereocenters. The Morgan fingerprint density at radius 1 is 0.769 bits per heavy atom. The zero-order valence-corrected chi connectivity index (χ0v) is 14.5. The molecule has 26 heavy (non-hydrogen) atoms. The molecule has 2 nitrogen and oxygen atoms in total. The Labute approximate surface area is 152 Å². The standard InChI is InChI=1S/C22H22F2N2/c23-20-10-17(11-21(24)13-20)15-26-22(14-25)12-16-6-8-19(9-7-16)18-4-2-1-3-5-18/h1-11,13,22,26H,12,14-15,25H2. The van der Waals surface area contributed by atoms with E-state index in [1.54, 1.807) is 0 Å². The predicted molar refractivity (Wildman–Crippen MR) is 102 cm³/mol. The minimum absolute atomic E-state index is 0.0314. The van der Waals surface area contributed by atoms with E-state index in [0.717, 1.165) is 18.1 Å². The molecule has 134 valence electrons. The Morgan fingerprint density at radius 3 is 2.00 bits per heavy atom. The molecular weight excluding hydrogens is 330 g/mol. The van der Waals surface area contributed by atoms with Gasteiger partial charge < -0.3 is 11.1 Å². The van der Waals surface area contributed by atoms with Gasteiger partial charge in [-0.1, -0.05) is 54.6 Å². The third-order valence-electron chi connectivity index (χ3n) is 4.34. The van der Waals surface area contributed by atoms with E-state index in [9.17, 15) is 8.78 Å². The van der Waals surface area contributed by atoms with Crippen molar-refractivity contribution in [3.63, 3.8) is 0 Å². The summed E-state index contributed by atoms with van der Waals surface area (Å²) in [4.78, 5) is 0. The molecule has 3 aromatic carbocycles. The summed E-state index contributed by atoms with van der Waals surface area (Å²) in [6, 6.07) is 22.1. The van der Waals surface area contributed by atoms with E-state index in [-0.39, 0.29) is 6.04 Å². The van der Waals surface area contributed by atoms with Crippen molar-refractivity contribution < 1.29 is 8.78 Å². The summed E-state index contributed by atoms with van der Waals surface area (Å²) in [7, 11) is 0. The molecule has 1 atom stereocenters. The lowest BCUT2D eigenvalue weighted by atomic mass is 10.0. The predicted octanol–water partition coefficient (Wildman–Crippen LogP) is 4.29.